The Bertz CT molecular complexity index is 281. The smallest absolute Gasteiger partial charge is 0.317 e. The zero-order valence-electron chi connectivity index (χ0n) is 10.2. The van der Waals surface area contributed by atoms with Gasteiger partial charge in [-0.15, -0.1) is 0 Å². The SMILES string of the molecule is CCN(CCC(=O)O)C(=O)NCCC(=O)NC. The lowest BCUT2D eigenvalue weighted by Crippen LogP contribution is -2.42. The second-order valence-electron chi connectivity index (χ2n) is 3.38. The molecule has 7 heteroatoms. The van der Waals surface area contributed by atoms with E-state index in [0.29, 0.717) is 6.54 Å². The van der Waals surface area contributed by atoms with E-state index in [2.05, 4.69) is 10.6 Å². The molecule has 0 aliphatic carbocycles. The van der Waals surface area contributed by atoms with Gasteiger partial charge < -0.3 is 20.6 Å². The first-order valence-electron chi connectivity index (χ1n) is 5.46. The summed E-state index contributed by atoms with van der Waals surface area (Å²) in [7, 11) is 1.52. The van der Waals surface area contributed by atoms with Crippen molar-refractivity contribution in [3.63, 3.8) is 0 Å². The number of rotatable bonds is 7. The van der Waals surface area contributed by atoms with Crippen LogP contribution in [0.2, 0.25) is 0 Å². The lowest BCUT2D eigenvalue weighted by atomic mass is 10.4. The molecule has 3 N–H and O–H groups in total. The third-order valence-corrected chi connectivity index (χ3v) is 2.17. The van der Waals surface area contributed by atoms with Crippen molar-refractivity contribution in [2.75, 3.05) is 26.7 Å². The van der Waals surface area contributed by atoms with Gasteiger partial charge in [-0.2, -0.15) is 0 Å². The fourth-order valence-corrected chi connectivity index (χ4v) is 1.15. The van der Waals surface area contributed by atoms with Crippen LogP contribution in [-0.4, -0.2) is 54.6 Å². The number of amides is 3. The number of aliphatic carboxylic acids is 1. The Morgan fingerprint density at radius 3 is 2.35 bits per heavy atom. The Labute approximate surface area is 100 Å². The fourth-order valence-electron chi connectivity index (χ4n) is 1.15. The summed E-state index contributed by atoms with van der Waals surface area (Å²) >= 11 is 0. The number of hydrogen-bond acceptors (Lipinski definition) is 3. The molecule has 7 nitrogen and oxygen atoms in total. The summed E-state index contributed by atoms with van der Waals surface area (Å²) < 4.78 is 0. The first-order valence-corrected chi connectivity index (χ1v) is 5.46. The maximum atomic E-state index is 11.5. The number of carbonyl (C=O) groups is 3. The van der Waals surface area contributed by atoms with E-state index >= 15 is 0 Å². The van der Waals surface area contributed by atoms with Crippen molar-refractivity contribution in [1.29, 1.82) is 0 Å². The second-order valence-corrected chi connectivity index (χ2v) is 3.38. The van der Waals surface area contributed by atoms with Gasteiger partial charge in [0.25, 0.3) is 0 Å². The van der Waals surface area contributed by atoms with Crippen LogP contribution in [0, 0.1) is 0 Å². The van der Waals surface area contributed by atoms with Gasteiger partial charge in [0.2, 0.25) is 5.91 Å². The highest BCUT2D eigenvalue weighted by Gasteiger charge is 2.12. The van der Waals surface area contributed by atoms with E-state index in [4.69, 9.17) is 5.11 Å². The van der Waals surface area contributed by atoms with Gasteiger partial charge in [0.15, 0.2) is 0 Å². The van der Waals surface area contributed by atoms with Crippen molar-refractivity contribution in [2.45, 2.75) is 19.8 Å². The van der Waals surface area contributed by atoms with Crippen LogP contribution in [0.3, 0.4) is 0 Å². The molecule has 0 saturated heterocycles. The van der Waals surface area contributed by atoms with Crippen LogP contribution in [0.1, 0.15) is 19.8 Å². The normalized spacial score (nSPS) is 9.53. The maximum Gasteiger partial charge on any atom is 0.317 e. The summed E-state index contributed by atoms with van der Waals surface area (Å²) in [4.78, 5) is 34.2. The van der Waals surface area contributed by atoms with E-state index in [1.807, 2.05) is 0 Å². The molecule has 98 valence electrons. The molecule has 3 amide bonds. The summed E-state index contributed by atoms with van der Waals surface area (Å²) in [5, 5.41) is 13.5. The molecule has 0 aromatic rings. The number of carboxylic acid groups (broad SMARTS) is 1. The molecule has 0 rings (SSSR count). The largest absolute Gasteiger partial charge is 0.481 e. The van der Waals surface area contributed by atoms with Crippen LogP contribution in [0.5, 0.6) is 0 Å². The fraction of sp³-hybridized carbons (Fsp3) is 0.700. The van der Waals surface area contributed by atoms with Crippen LogP contribution in [0.15, 0.2) is 0 Å². The number of urea groups is 1. The van der Waals surface area contributed by atoms with Gasteiger partial charge in [0.05, 0.1) is 6.42 Å². The van der Waals surface area contributed by atoms with Gasteiger partial charge in [-0.25, -0.2) is 4.79 Å². The molecule has 0 bridgehead atoms. The Kier molecular flexibility index (Phi) is 7.49. The van der Waals surface area contributed by atoms with E-state index in [9.17, 15) is 14.4 Å². The summed E-state index contributed by atoms with van der Waals surface area (Å²) in [6, 6.07) is -0.349. The lowest BCUT2D eigenvalue weighted by molar-refractivity contribution is -0.137. The molecule has 0 saturated carbocycles. The van der Waals surface area contributed by atoms with Gasteiger partial charge >= 0.3 is 12.0 Å². The van der Waals surface area contributed by atoms with Gasteiger partial charge in [-0.1, -0.05) is 0 Å². The Morgan fingerprint density at radius 2 is 1.88 bits per heavy atom. The highest BCUT2D eigenvalue weighted by molar-refractivity contribution is 5.78. The van der Waals surface area contributed by atoms with Gasteiger partial charge in [-0.3, -0.25) is 9.59 Å². The first kappa shape index (κ1) is 15.2. The summed E-state index contributed by atoms with van der Waals surface area (Å²) in [5.74, 6) is -1.10. The molecular formula is C10H19N3O4. The minimum Gasteiger partial charge on any atom is -0.481 e. The number of carbonyl (C=O) groups excluding carboxylic acids is 2. The molecule has 0 heterocycles. The van der Waals surface area contributed by atoms with Crippen molar-refractivity contribution >= 4 is 17.9 Å². The molecule has 0 spiro atoms. The van der Waals surface area contributed by atoms with E-state index in [1.165, 1.54) is 11.9 Å². The zero-order chi connectivity index (χ0) is 13.3. The van der Waals surface area contributed by atoms with Crippen LogP contribution < -0.4 is 10.6 Å². The van der Waals surface area contributed by atoms with Crippen LogP contribution in [-0.2, 0) is 9.59 Å². The van der Waals surface area contributed by atoms with Gasteiger partial charge in [0.1, 0.15) is 0 Å². The first-order chi connectivity index (χ1) is 8.01. The average molecular weight is 245 g/mol. The van der Waals surface area contributed by atoms with E-state index in [0.717, 1.165) is 0 Å². The van der Waals surface area contributed by atoms with Crippen molar-refractivity contribution in [2.24, 2.45) is 0 Å². The summed E-state index contributed by atoms with van der Waals surface area (Å²) in [5.41, 5.74) is 0. The Hall–Kier alpha value is -1.79. The molecule has 0 aliphatic heterocycles. The Balaban J connectivity index is 3.91. The van der Waals surface area contributed by atoms with Crippen molar-refractivity contribution in [3.05, 3.63) is 0 Å². The molecule has 0 fully saturated rings. The molecule has 0 aromatic carbocycles. The van der Waals surface area contributed by atoms with Crippen molar-refractivity contribution in [1.82, 2.24) is 15.5 Å². The highest BCUT2D eigenvalue weighted by atomic mass is 16.4. The predicted molar refractivity (Wildman–Crippen MR) is 61.6 cm³/mol. The number of carboxylic acids is 1. The number of hydrogen-bond donors (Lipinski definition) is 3. The van der Waals surface area contributed by atoms with Gasteiger partial charge in [0, 0.05) is 33.1 Å². The third kappa shape index (κ3) is 7.15. The Morgan fingerprint density at radius 1 is 1.24 bits per heavy atom. The second kappa shape index (κ2) is 8.37. The molecule has 0 radical (unpaired) electrons. The molecule has 0 unspecified atom stereocenters. The minimum atomic E-state index is -0.943. The maximum absolute atomic E-state index is 11.5. The van der Waals surface area contributed by atoms with E-state index in [-0.39, 0.29) is 37.9 Å². The van der Waals surface area contributed by atoms with Crippen LogP contribution in [0.4, 0.5) is 4.79 Å². The molecule has 0 aromatic heterocycles. The van der Waals surface area contributed by atoms with Gasteiger partial charge in [-0.05, 0) is 6.92 Å². The quantitative estimate of drug-likeness (QED) is 0.570. The van der Waals surface area contributed by atoms with Crippen molar-refractivity contribution in [3.8, 4) is 0 Å². The topological polar surface area (TPSA) is 98.7 Å². The molecular weight excluding hydrogens is 226 g/mol. The molecule has 17 heavy (non-hydrogen) atoms. The van der Waals surface area contributed by atoms with Crippen LogP contribution in [0.25, 0.3) is 0 Å². The summed E-state index contributed by atoms with van der Waals surface area (Å²) in [6.45, 7) is 2.60. The minimum absolute atomic E-state index is 0.0866. The average Bonchev–Trinajstić information content (AvgIpc) is 2.29. The number of nitrogens with one attached hydrogen (secondary N) is 2. The molecule has 0 atom stereocenters. The monoisotopic (exact) mass is 245 g/mol. The van der Waals surface area contributed by atoms with E-state index in [1.54, 1.807) is 6.92 Å². The van der Waals surface area contributed by atoms with Crippen molar-refractivity contribution < 1.29 is 19.5 Å². The highest BCUT2D eigenvalue weighted by Crippen LogP contribution is 1.93. The number of nitrogens with zero attached hydrogens (tertiary/aromatic N) is 1. The zero-order valence-corrected chi connectivity index (χ0v) is 10.2. The third-order valence-electron chi connectivity index (χ3n) is 2.17. The lowest BCUT2D eigenvalue weighted by Gasteiger charge is -2.20. The molecule has 0 aliphatic rings. The summed E-state index contributed by atoms with van der Waals surface area (Å²) in [6.07, 6.45) is 0.120. The predicted octanol–water partition coefficient (Wildman–Crippen LogP) is -0.371. The standard InChI is InChI=1S/C10H19N3O4/c1-3-13(7-5-9(15)16)10(17)12-6-4-8(14)11-2/h3-7H2,1-2H3,(H,11,14)(H,12,17)(H,15,16). The van der Waals surface area contributed by atoms with E-state index < -0.39 is 5.97 Å². The van der Waals surface area contributed by atoms with Crippen LogP contribution >= 0.6 is 0 Å².